The Kier molecular flexibility index (Phi) is 3.75. The van der Waals surface area contributed by atoms with Crippen LogP contribution in [0.25, 0.3) is 5.65 Å². The van der Waals surface area contributed by atoms with Gasteiger partial charge in [0, 0.05) is 24.0 Å². The zero-order valence-corrected chi connectivity index (χ0v) is 13.4. The van der Waals surface area contributed by atoms with Gasteiger partial charge >= 0.3 is 6.18 Å². The Hall–Kier alpha value is -2.16. The normalized spacial score (nSPS) is 12.0. The molecule has 0 radical (unpaired) electrons. The van der Waals surface area contributed by atoms with Crippen molar-refractivity contribution in [1.29, 1.82) is 0 Å². The maximum absolute atomic E-state index is 12.9. The molecule has 0 atom stereocenters. The van der Waals surface area contributed by atoms with Crippen LogP contribution < -0.4 is 5.56 Å². The van der Waals surface area contributed by atoms with Gasteiger partial charge in [0.25, 0.3) is 5.56 Å². The SMILES string of the molecule is Cc1cc(=O)n2nc(C(F)(F)F)cc2n1Cc1ccc(Br)nc1. The third-order valence-electron chi connectivity index (χ3n) is 3.35. The zero-order valence-electron chi connectivity index (χ0n) is 11.8. The van der Waals surface area contributed by atoms with Crippen LogP contribution in [0.2, 0.25) is 0 Å². The first-order valence-corrected chi connectivity index (χ1v) is 7.33. The minimum Gasteiger partial charge on any atom is -0.326 e. The first kappa shape index (κ1) is 15.7. The number of hydrogen-bond acceptors (Lipinski definition) is 3. The topological polar surface area (TPSA) is 52.2 Å². The molecule has 23 heavy (non-hydrogen) atoms. The highest BCUT2D eigenvalue weighted by molar-refractivity contribution is 9.10. The van der Waals surface area contributed by atoms with E-state index in [2.05, 4.69) is 26.0 Å². The van der Waals surface area contributed by atoms with Crippen molar-refractivity contribution in [2.75, 3.05) is 0 Å². The van der Waals surface area contributed by atoms with E-state index in [4.69, 9.17) is 0 Å². The monoisotopic (exact) mass is 386 g/mol. The summed E-state index contributed by atoms with van der Waals surface area (Å²) < 4.78 is 41.6. The van der Waals surface area contributed by atoms with Crippen LogP contribution in [0, 0.1) is 6.92 Å². The molecule has 120 valence electrons. The number of rotatable bonds is 2. The summed E-state index contributed by atoms with van der Waals surface area (Å²) in [6, 6.07) is 5.67. The number of nitrogens with zero attached hydrogens (tertiary/aromatic N) is 4. The number of hydrogen-bond donors (Lipinski definition) is 0. The molecule has 0 spiro atoms. The van der Waals surface area contributed by atoms with Crippen molar-refractivity contribution < 1.29 is 13.2 Å². The zero-order chi connectivity index (χ0) is 16.8. The third-order valence-corrected chi connectivity index (χ3v) is 3.82. The maximum Gasteiger partial charge on any atom is 0.435 e. The fraction of sp³-hybridized carbons (Fsp3) is 0.214. The predicted octanol–water partition coefficient (Wildman–Crippen LogP) is 3.03. The molecule has 3 aromatic rings. The fourth-order valence-electron chi connectivity index (χ4n) is 2.25. The van der Waals surface area contributed by atoms with Gasteiger partial charge in [-0.25, -0.2) is 4.98 Å². The largest absolute Gasteiger partial charge is 0.435 e. The van der Waals surface area contributed by atoms with Gasteiger partial charge in [-0.15, -0.1) is 0 Å². The van der Waals surface area contributed by atoms with Gasteiger partial charge in [0.2, 0.25) is 0 Å². The van der Waals surface area contributed by atoms with E-state index in [9.17, 15) is 18.0 Å². The lowest BCUT2D eigenvalue weighted by Crippen LogP contribution is -2.20. The van der Waals surface area contributed by atoms with Gasteiger partial charge in [0.1, 0.15) is 10.3 Å². The molecule has 0 bridgehead atoms. The van der Waals surface area contributed by atoms with Crippen molar-refractivity contribution >= 4 is 21.6 Å². The fourth-order valence-corrected chi connectivity index (χ4v) is 2.49. The van der Waals surface area contributed by atoms with Crippen LogP contribution in [0.4, 0.5) is 13.2 Å². The average Bonchev–Trinajstić information content (AvgIpc) is 2.91. The molecule has 0 aliphatic rings. The Morgan fingerprint density at radius 1 is 1.26 bits per heavy atom. The highest BCUT2D eigenvalue weighted by atomic mass is 79.9. The predicted molar refractivity (Wildman–Crippen MR) is 80.2 cm³/mol. The molecule has 3 heterocycles. The van der Waals surface area contributed by atoms with Crippen molar-refractivity contribution in [3.63, 3.8) is 0 Å². The molecule has 0 saturated carbocycles. The van der Waals surface area contributed by atoms with Gasteiger partial charge in [0.15, 0.2) is 5.69 Å². The van der Waals surface area contributed by atoms with E-state index in [0.717, 1.165) is 16.1 Å². The smallest absolute Gasteiger partial charge is 0.326 e. The summed E-state index contributed by atoms with van der Waals surface area (Å²) in [5.74, 6) is 0. The molecule has 5 nitrogen and oxygen atoms in total. The summed E-state index contributed by atoms with van der Waals surface area (Å²) in [7, 11) is 0. The lowest BCUT2D eigenvalue weighted by Gasteiger charge is -2.12. The Morgan fingerprint density at radius 2 is 2.00 bits per heavy atom. The van der Waals surface area contributed by atoms with Crippen molar-refractivity contribution in [2.24, 2.45) is 0 Å². The summed E-state index contributed by atoms with van der Waals surface area (Å²) in [6.07, 6.45) is -3.00. The third kappa shape index (κ3) is 3.00. The van der Waals surface area contributed by atoms with Crippen molar-refractivity contribution in [3.05, 3.63) is 62.4 Å². The summed E-state index contributed by atoms with van der Waals surface area (Å²) in [5.41, 5.74) is -0.276. The van der Waals surface area contributed by atoms with Gasteiger partial charge in [-0.2, -0.15) is 22.8 Å². The van der Waals surface area contributed by atoms with E-state index >= 15 is 0 Å². The summed E-state index contributed by atoms with van der Waals surface area (Å²) in [6.45, 7) is 1.94. The molecule has 0 aromatic carbocycles. The maximum atomic E-state index is 12.9. The van der Waals surface area contributed by atoms with Crippen LogP contribution in [0.1, 0.15) is 17.0 Å². The van der Waals surface area contributed by atoms with Crippen LogP contribution in [0.3, 0.4) is 0 Å². The van der Waals surface area contributed by atoms with Crippen molar-refractivity contribution in [3.8, 4) is 0 Å². The van der Waals surface area contributed by atoms with E-state index in [-0.39, 0.29) is 12.2 Å². The highest BCUT2D eigenvalue weighted by Gasteiger charge is 2.34. The van der Waals surface area contributed by atoms with Crippen LogP contribution in [0.5, 0.6) is 0 Å². The van der Waals surface area contributed by atoms with Crippen molar-refractivity contribution in [1.82, 2.24) is 19.2 Å². The number of aromatic nitrogens is 4. The lowest BCUT2D eigenvalue weighted by atomic mass is 10.2. The Morgan fingerprint density at radius 3 is 2.61 bits per heavy atom. The second-order valence-electron chi connectivity index (χ2n) is 5.00. The molecule has 3 rings (SSSR count). The molecule has 0 N–H and O–H groups in total. The second-order valence-corrected chi connectivity index (χ2v) is 5.81. The molecular formula is C14H10BrF3N4O. The Labute approximate surface area is 136 Å². The number of alkyl halides is 3. The summed E-state index contributed by atoms with van der Waals surface area (Å²) in [4.78, 5) is 16.0. The van der Waals surface area contributed by atoms with Gasteiger partial charge < -0.3 is 4.57 Å². The molecule has 0 amide bonds. The molecule has 0 unspecified atom stereocenters. The van der Waals surface area contributed by atoms with Crippen molar-refractivity contribution in [2.45, 2.75) is 19.6 Å². The van der Waals surface area contributed by atoms with Gasteiger partial charge in [-0.3, -0.25) is 4.79 Å². The quantitative estimate of drug-likeness (QED) is 0.636. The molecular weight excluding hydrogens is 377 g/mol. The van der Waals surface area contributed by atoms with Gasteiger partial charge in [-0.1, -0.05) is 6.07 Å². The van der Waals surface area contributed by atoms with Gasteiger partial charge in [-0.05, 0) is 34.5 Å². The first-order valence-electron chi connectivity index (χ1n) is 6.53. The standard InChI is InChI=1S/C14H10BrF3N4O/c1-8-4-13(23)22-12(5-10(20-22)14(16,17)18)21(8)7-9-2-3-11(15)19-6-9/h2-6H,7H2,1H3. The first-order chi connectivity index (χ1) is 10.8. The number of aryl methyl sites for hydroxylation is 1. The lowest BCUT2D eigenvalue weighted by molar-refractivity contribution is -0.141. The number of pyridine rings is 1. The molecule has 0 aliphatic heterocycles. The Bertz CT molecular complexity index is 928. The summed E-state index contributed by atoms with van der Waals surface area (Å²) in [5, 5.41) is 3.38. The number of fused-ring (bicyclic) bond motifs is 1. The minimum atomic E-state index is -4.61. The second kappa shape index (κ2) is 5.48. The van der Waals surface area contributed by atoms with E-state index < -0.39 is 17.4 Å². The van der Waals surface area contributed by atoms with Crippen LogP contribution >= 0.6 is 15.9 Å². The molecule has 0 aliphatic carbocycles. The van der Waals surface area contributed by atoms with E-state index in [1.165, 1.54) is 6.07 Å². The van der Waals surface area contributed by atoms with E-state index in [1.807, 2.05) is 0 Å². The molecule has 3 aromatic heterocycles. The molecule has 0 saturated heterocycles. The average molecular weight is 387 g/mol. The minimum absolute atomic E-state index is 0.0882. The van der Waals surface area contributed by atoms with Crippen LogP contribution in [-0.4, -0.2) is 19.2 Å². The summed E-state index contributed by atoms with van der Waals surface area (Å²) >= 11 is 3.22. The molecule has 9 heteroatoms. The number of halogens is 4. The van der Waals surface area contributed by atoms with E-state index in [1.54, 1.807) is 29.8 Å². The van der Waals surface area contributed by atoms with Gasteiger partial charge in [0.05, 0.1) is 6.54 Å². The highest BCUT2D eigenvalue weighted by Crippen LogP contribution is 2.28. The van der Waals surface area contributed by atoms with E-state index in [0.29, 0.717) is 10.3 Å². The Balaban J connectivity index is 2.17. The van der Waals surface area contributed by atoms with Crippen LogP contribution in [-0.2, 0) is 12.7 Å². The van der Waals surface area contributed by atoms with Crippen LogP contribution in [0.15, 0.2) is 39.9 Å². The molecule has 0 fully saturated rings.